The number of alkyl halides is 1. The van der Waals surface area contributed by atoms with Crippen LogP contribution < -0.4 is 5.32 Å². The number of hydrogen-bond donors (Lipinski definition) is 1. The fourth-order valence-corrected chi connectivity index (χ4v) is 1.97. The number of carbonyl (C=O) groups is 1. The van der Waals surface area contributed by atoms with Gasteiger partial charge in [0.25, 0.3) is 0 Å². The molecule has 1 amide bonds. The second kappa shape index (κ2) is 8.15. The summed E-state index contributed by atoms with van der Waals surface area (Å²) in [5, 5.41) is 2.99. The highest BCUT2D eigenvalue weighted by Crippen LogP contribution is 2.07. The van der Waals surface area contributed by atoms with Crippen molar-refractivity contribution >= 4 is 17.5 Å². The highest BCUT2D eigenvalue weighted by molar-refractivity contribution is 6.18. The minimum Gasteiger partial charge on any atom is -0.353 e. The van der Waals surface area contributed by atoms with Crippen LogP contribution in [0.15, 0.2) is 30.3 Å². The zero-order valence-electron chi connectivity index (χ0n) is 11.2. The summed E-state index contributed by atoms with van der Waals surface area (Å²) in [4.78, 5) is 11.7. The van der Waals surface area contributed by atoms with Crippen LogP contribution in [0.4, 0.5) is 0 Å². The standard InChI is InChI=1S/C15H22ClNO/c1-12(11-16)13(2)17-15(18)10-6-9-14-7-4-3-5-8-14/h3-5,7-8,12-13H,6,9-11H2,1-2H3,(H,17,18). The van der Waals surface area contributed by atoms with E-state index in [0.717, 1.165) is 12.8 Å². The van der Waals surface area contributed by atoms with Crippen LogP contribution in [-0.2, 0) is 11.2 Å². The maximum absolute atomic E-state index is 11.7. The van der Waals surface area contributed by atoms with Crippen molar-refractivity contribution in [2.45, 2.75) is 39.2 Å². The Balaban J connectivity index is 2.21. The van der Waals surface area contributed by atoms with Crippen molar-refractivity contribution in [3.63, 3.8) is 0 Å². The van der Waals surface area contributed by atoms with E-state index in [1.807, 2.05) is 32.0 Å². The van der Waals surface area contributed by atoms with E-state index >= 15 is 0 Å². The zero-order chi connectivity index (χ0) is 13.4. The smallest absolute Gasteiger partial charge is 0.220 e. The number of nitrogens with one attached hydrogen (secondary N) is 1. The predicted octanol–water partition coefficient (Wildman–Crippen LogP) is 3.39. The third-order valence-corrected chi connectivity index (χ3v) is 3.68. The van der Waals surface area contributed by atoms with Gasteiger partial charge in [-0.1, -0.05) is 37.3 Å². The maximum atomic E-state index is 11.7. The fraction of sp³-hybridized carbons (Fsp3) is 0.533. The number of benzene rings is 1. The molecule has 100 valence electrons. The van der Waals surface area contributed by atoms with Gasteiger partial charge in [-0.2, -0.15) is 0 Å². The Bertz CT molecular complexity index is 353. The van der Waals surface area contributed by atoms with E-state index in [1.54, 1.807) is 0 Å². The largest absolute Gasteiger partial charge is 0.353 e. The summed E-state index contributed by atoms with van der Waals surface area (Å²) in [5.41, 5.74) is 1.28. The van der Waals surface area contributed by atoms with Gasteiger partial charge >= 0.3 is 0 Å². The lowest BCUT2D eigenvalue weighted by atomic mass is 10.1. The minimum atomic E-state index is 0.121. The van der Waals surface area contributed by atoms with Gasteiger partial charge in [0.05, 0.1) is 0 Å². The summed E-state index contributed by atoms with van der Waals surface area (Å²) in [7, 11) is 0. The molecule has 2 atom stereocenters. The highest BCUT2D eigenvalue weighted by atomic mass is 35.5. The molecule has 18 heavy (non-hydrogen) atoms. The van der Waals surface area contributed by atoms with Gasteiger partial charge in [-0.05, 0) is 31.2 Å². The summed E-state index contributed by atoms with van der Waals surface area (Å²) < 4.78 is 0. The molecule has 1 N–H and O–H groups in total. The van der Waals surface area contributed by atoms with Crippen LogP contribution in [-0.4, -0.2) is 17.8 Å². The molecule has 0 aliphatic heterocycles. The summed E-state index contributed by atoms with van der Waals surface area (Å²) in [6.45, 7) is 4.05. The van der Waals surface area contributed by atoms with Crippen LogP contribution in [0, 0.1) is 5.92 Å². The molecule has 2 nitrogen and oxygen atoms in total. The molecular formula is C15H22ClNO. The first kappa shape index (κ1) is 15.0. The molecule has 2 unspecified atom stereocenters. The quantitative estimate of drug-likeness (QED) is 0.754. The molecule has 1 rings (SSSR count). The summed E-state index contributed by atoms with van der Waals surface area (Å²) in [5.74, 6) is 1.01. The fourth-order valence-electron chi connectivity index (χ4n) is 1.70. The van der Waals surface area contributed by atoms with Crippen LogP contribution in [0.1, 0.15) is 32.3 Å². The van der Waals surface area contributed by atoms with E-state index in [4.69, 9.17) is 11.6 Å². The average molecular weight is 268 g/mol. The molecule has 0 saturated carbocycles. The average Bonchev–Trinajstić information content (AvgIpc) is 2.38. The first-order valence-electron chi connectivity index (χ1n) is 6.52. The zero-order valence-corrected chi connectivity index (χ0v) is 11.9. The van der Waals surface area contributed by atoms with Crippen molar-refractivity contribution in [3.05, 3.63) is 35.9 Å². The minimum absolute atomic E-state index is 0.121. The molecule has 0 bridgehead atoms. The Morgan fingerprint density at radius 3 is 2.56 bits per heavy atom. The monoisotopic (exact) mass is 267 g/mol. The van der Waals surface area contributed by atoms with Crippen molar-refractivity contribution in [1.82, 2.24) is 5.32 Å². The van der Waals surface area contributed by atoms with Gasteiger partial charge in [0.1, 0.15) is 0 Å². The molecule has 0 aromatic heterocycles. The van der Waals surface area contributed by atoms with Gasteiger partial charge in [0.2, 0.25) is 5.91 Å². The van der Waals surface area contributed by atoms with Gasteiger partial charge in [0, 0.05) is 18.3 Å². The maximum Gasteiger partial charge on any atom is 0.220 e. The van der Waals surface area contributed by atoms with Crippen LogP contribution >= 0.6 is 11.6 Å². The molecule has 3 heteroatoms. The summed E-state index contributed by atoms with van der Waals surface area (Å²) >= 11 is 5.76. The lowest BCUT2D eigenvalue weighted by molar-refractivity contribution is -0.122. The van der Waals surface area contributed by atoms with Crippen molar-refractivity contribution in [1.29, 1.82) is 0 Å². The molecule has 0 saturated heterocycles. The van der Waals surface area contributed by atoms with Gasteiger partial charge in [-0.3, -0.25) is 4.79 Å². The van der Waals surface area contributed by atoms with Crippen LogP contribution in [0.25, 0.3) is 0 Å². The van der Waals surface area contributed by atoms with E-state index < -0.39 is 0 Å². The van der Waals surface area contributed by atoms with Gasteiger partial charge < -0.3 is 5.32 Å². The Morgan fingerprint density at radius 1 is 1.28 bits per heavy atom. The summed E-state index contributed by atoms with van der Waals surface area (Å²) in [6.07, 6.45) is 2.42. The van der Waals surface area contributed by atoms with Crippen molar-refractivity contribution in [2.24, 2.45) is 5.92 Å². The Kier molecular flexibility index (Phi) is 6.81. The Labute approximate surface area is 115 Å². The molecular weight excluding hydrogens is 246 g/mol. The molecule has 1 aromatic rings. The first-order valence-corrected chi connectivity index (χ1v) is 7.06. The van der Waals surface area contributed by atoms with Gasteiger partial charge in [-0.25, -0.2) is 0 Å². The normalized spacial score (nSPS) is 13.9. The van der Waals surface area contributed by atoms with Crippen molar-refractivity contribution in [2.75, 3.05) is 5.88 Å². The van der Waals surface area contributed by atoms with Crippen molar-refractivity contribution in [3.8, 4) is 0 Å². The van der Waals surface area contributed by atoms with Crippen molar-refractivity contribution < 1.29 is 4.79 Å². The summed E-state index contributed by atoms with van der Waals surface area (Å²) in [6, 6.07) is 10.4. The van der Waals surface area contributed by atoms with E-state index in [9.17, 15) is 4.79 Å². The number of halogens is 1. The first-order chi connectivity index (χ1) is 8.63. The Hall–Kier alpha value is -1.02. The third kappa shape index (κ3) is 5.54. The van der Waals surface area contributed by atoms with Crippen LogP contribution in [0.3, 0.4) is 0 Å². The second-order valence-electron chi connectivity index (χ2n) is 4.83. The number of amides is 1. The number of aryl methyl sites for hydroxylation is 1. The second-order valence-corrected chi connectivity index (χ2v) is 5.14. The molecule has 0 spiro atoms. The SMILES string of the molecule is CC(CCl)C(C)NC(=O)CCCc1ccccc1. The van der Waals surface area contributed by atoms with Gasteiger partial charge in [-0.15, -0.1) is 11.6 Å². The number of rotatable bonds is 7. The lowest BCUT2D eigenvalue weighted by Crippen LogP contribution is -2.37. The number of hydrogen-bond acceptors (Lipinski definition) is 1. The van der Waals surface area contributed by atoms with E-state index in [-0.39, 0.29) is 11.9 Å². The molecule has 0 heterocycles. The topological polar surface area (TPSA) is 29.1 Å². The van der Waals surface area contributed by atoms with E-state index in [2.05, 4.69) is 17.4 Å². The van der Waals surface area contributed by atoms with E-state index in [0.29, 0.717) is 18.2 Å². The third-order valence-electron chi connectivity index (χ3n) is 3.20. The van der Waals surface area contributed by atoms with E-state index in [1.165, 1.54) is 5.56 Å². The van der Waals surface area contributed by atoms with Crippen LogP contribution in [0.5, 0.6) is 0 Å². The predicted molar refractivity (Wildman–Crippen MR) is 76.9 cm³/mol. The van der Waals surface area contributed by atoms with Gasteiger partial charge in [0.15, 0.2) is 0 Å². The molecule has 1 aromatic carbocycles. The molecule has 0 radical (unpaired) electrons. The molecule has 0 aliphatic rings. The van der Waals surface area contributed by atoms with Crippen LogP contribution in [0.2, 0.25) is 0 Å². The molecule has 0 aliphatic carbocycles. The highest BCUT2D eigenvalue weighted by Gasteiger charge is 2.13. The number of carbonyl (C=O) groups excluding carboxylic acids is 1. The lowest BCUT2D eigenvalue weighted by Gasteiger charge is -2.19. The Morgan fingerprint density at radius 2 is 1.94 bits per heavy atom. The molecule has 0 fully saturated rings.